The van der Waals surface area contributed by atoms with Gasteiger partial charge in [0.05, 0.1) is 10.7 Å². The van der Waals surface area contributed by atoms with E-state index in [2.05, 4.69) is 15.1 Å². The minimum atomic E-state index is -0.285. The predicted molar refractivity (Wildman–Crippen MR) is 53.9 cm³/mol. The zero-order valence-corrected chi connectivity index (χ0v) is 8.82. The van der Waals surface area contributed by atoms with Crippen LogP contribution in [0.3, 0.4) is 0 Å². The van der Waals surface area contributed by atoms with Gasteiger partial charge in [-0.15, -0.1) is 11.3 Å². The number of nitrogens with zero attached hydrogens (tertiary/aromatic N) is 4. The van der Waals surface area contributed by atoms with Crippen molar-refractivity contribution >= 4 is 11.3 Å². The van der Waals surface area contributed by atoms with Gasteiger partial charge in [-0.1, -0.05) is 0 Å². The molecule has 6 heteroatoms. The number of hydrogen-bond donors (Lipinski definition) is 1. The fourth-order valence-corrected chi connectivity index (χ4v) is 1.89. The SMILES string of the molecule is Cc1nc(C(N)c2ncnn2C)cs1. The Hall–Kier alpha value is -1.27. The highest BCUT2D eigenvalue weighted by Crippen LogP contribution is 2.18. The number of nitrogens with two attached hydrogens (primary N) is 1. The Morgan fingerprint density at radius 2 is 2.36 bits per heavy atom. The highest BCUT2D eigenvalue weighted by Gasteiger charge is 2.16. The van der Waals surface area contributed by atoms with Gasteiger partial charge in [0, 0.05) is 12.4 Å². The lowest BCUT2D eigenvalue weighted by Crippen LogP contribution is -2.17. The molecule has 2 aromatic rings. The first-order valence-electron chi connectivity index (χ1n) is 4.20. The summed E-state index contributed by atoms with van der Waals surface area (Å²) in [5.74, 6) is 0.732. The van der Waals surface area contributed by atoms with E-state index in [1.54, 1.807) is 16.0 Å². The molecule has 0 bridgehead atoms. The molecule has 0 aliphatic rings. The Morgan fingerprint density at radius 3 is 2.86 bits per heavy atom. The Bertz CT molecular complexity index is 432. The third-order valence-electron chi connectivity index (χ3n) is 1.98. The number of aryl methyl sites for hydroxylation is 2. The lowest BCUT2D eigenvalue weighted by molar-refractivity contribution is 0.651. The topological polar surface area (TPSA) is 69.6 Å². The summed E-state index contributed by atoms with van der Waals surface area (Å²) in [4.78, 5) is 8.41. The van der Waals surface area contributed by atoms with E-state index in [0.717, 1.165) is 16.5 Å². The Balaban J connectivity index is 2.33. The average Bonchev–Trinajstić information content (AvgIpc) is 2.73. The Kier molecular flexibility index (Phi) is 2.30. The van der Waals surface area contributed by atoms with E-state index in [1.165, 1.54) is 6.33 Å². The van der Waals surface area contributed by atoms with Gasteiger partial charge in [-0.25, -0.2) is 9.97 Å². The zero-order valence-electron chi connectivity index (χ0n) is 8.01. The summed E-state index contributed by atoms with van der Waals surface area (Å²) >= 11 is 1.59. The molecule has 0 saturated carbocycles. The van der Waals surface area contributed by atoms with Gasteiger partial charge in [-0.05, 0) is 6.92 Å². The highest BCUT2D eigenvalue weighted by atomic mass is 32.1. The van der Waals surface area contributed by atoms with Crippen LogP contribution in [0.5, 0.6) is 0 Å². The normalized spacial score (nSPS) is 13.1. The molecule has 0 saturated heterocycles. The zero-order chi connectivity index (χ0) is 10.1. The molecule has 5 nitrogen and oxygen atoms in total. The molecular weight excluding hydrogens is 198 g/mol. The summed E-state index contributed by atoms with van der Waals surface area (Å²) < 4.78 is 1.67. The third kappa shape index (κ3) is 1.53. The van der Waals surface area contributed by atoms with Crippen molar-refractivity contribution in [1.82, 2.24) is 19.7 Å². The molecule has 74 valence electrons. The van der Waals surface area contributed by atoms with Crippen molar-refractivity contribution in [3.63, 3.8) is 0 Å². The van der Waals surface area contributed by atoms with Crippen LogP contribution in [-0.4, -0.2) is 19.7 Å². The van der Waals surface area contributed by atoms with Crippen LogP contribution in [0.25, 0.3) is 0 Å². The standard InChI is InChI=1S/C8H11N5S/c1-5-12-6(3-14-5)7(9)8-10-4-11-13(8)2/h3-4,7H,9H2,1-2H3. The van der Waals surface area contributed by atoms with E-state index in [1.807, 2.05) is 19.4 Å². The van der Waals surface area contributed by atoms with Gasteiger partial charge >= 0.3 is 0 Å². The summed E-state index contributed by atoms with van der Waals surface area (Å²) in [6.45, 7) is 1.96. The largest absolute Gasteiger partial charge is 0.316 e. The molecule has 0 aliphatic heterocycles. The van der Waals surface area contributed by atoms with E-state index in [0.29, 0.717) is 0 Å². The minimum absolute atomic E-state index is 0.285. The van der Waals surface area contributed by atoms with Crippen molar-refractivity contribution in [2.45, 2.75) is 13.0 Å². The molecule has 0 spiro atoms. The van der Waals surface area contributed by atoms with Gasteiger partial charge in [-0.2, -0.15) is 5.10 Å². The van der Waals surface area contributed by atoms with Gasteiger partial charge in [0.25, 0.3) is 0 Å². The second kappa shape index (κ2) is 3.47. The van der Waals surface area contributed by atoms with Gasteiger partial charge < -0.3 is 5.73 Å². The summed E-state index contributed by atoms with van der Waals surface area (Å²) in [5, 5.41) is 6.94. The molecule has 0 fully saturated rings. The van der Waals surface area contributed by atoms with E-state index in [4.69, 9.17) is 5.73 Å². The number of rotatable bonds is 2. The summed E-state index contributed by atoms with van der Waals surface area (Å²) in [5.41, 5.74) is 6.85. The molecule has 0 radical (unpaired) electrons. The van der Waals surface area contributed by atoms with Crippen molar-refractivity contribution in [2.24, 2.45) is 12.8 Å². The maximum atomic E-state index is 6.00. The maximum absolute atomic E-state index is 6.00. The van der Waals surface area contributed by atoms with Gasteiger partial charge in [0.2, 0.25) is 0 Å². The molecule has 14 heavy (non-hydrogen) atoms. The fourth-order valence-electron chi connectivity index (χ4n) is 1.24. The molecule has 0 aromatic carbocycles. The lowest BCUT2D eigenvalue weighted by atomic mass is 10.2. The molecule has 2 N–H and O–H groups in total. The van der Waals surface area contributed by atoms with Crippen LogP contribution in [-0.2, 0) is 7.05 Å². The number of aromatic nitrogens is 4. The van der Waals surface area contributed by atoms with Crippen LogP contribution in [0.15, 0.2) is 11.7 Å². The van der Waals surface area contributed by atoms with E-state index >= 15 is 0 Å². The van der Waals surface area contributed by atoms with Crippen LogP contribution in [0.1, 0.15) is 22.6 Å². The van der Waals surface area contributed by atoms with Crippen LogP contribution in [0.2, 0.25) is 0 Å². The van der Waals surface area contributed by atoms with Crippen molar-refractivity contribution in [2.75, 3.05) is 0 Å². The summed E-state index contributed by atoms with van der Waals surface area (Å²) in [6, 6.07) is -0.285. The first kappa shape index (κ1) is 9.29. The quantitative estimate of drug-likeness (QED) is 0.787. The van der Waals surface area contributed by atoms with Crippen LogP contribution >= 0.6 is 11.3 Å². The molecule has 0 aliphatic carbocycles. The first-order valence-corrected chi connectivity index (χ1v) is 5.08. The molecule has 1 atom stereocenters. The van der Waals surface area contributed by atoms with Crippen molar-refractivity contribution in [3.05, 3.63) is 28.2 Å². The monoisotopic (exact) mass is 209 g/mol. The lowest BCUT2D eigenvalue weighted by Gasteiger charge is -2.06. The van der Waals surface area contributed by atoms with Gasteiger partial charge in [0.15, 0.2) is 0 Å². The van der Waals surface area contributed by atoms with Gasteiger partial charge in [0.1, 0.15) is 18.2 Å². The predicted octanol–water partition coefficient (Wildman–Crippen LogP) is 0.628. The maximum Gasteiger partial charge on any atom is 0.149 e. The number of thiazole rings is 1. The average molecular weight is 209 g/mol. The van der Waals surface area contributed by atoms with Crippen LogP contribution < -0.4 is 5.73 Å². The van der Waals surface area contributed by atoms with Crippen LogP contribution in [0.4, 0.5) is 0 Å². The van der Waals surface area contributed by atoms with E-state index < -0.39 is 0 Å². The molecule has 2 rings (SSSR count). The molecule has 1 unspecified atom stereocenters. The first-order chi connectivity index (χ1) is 6.68. The minimum Gasteiger partial charge on any atom is -0.316 e. The van der Waals surface area contributed by atoms with E-state index in [-0.39, 0.29) is 6.04 Å². The van der Waals surface area contributed by atoms with Crippen molar-refractivity contribution < 1.29 is 0 Å². The molecule has 2 aromatic heterocycles. The van der Waals surface area contributed by atoms with Crippen molar-refractivity contribution in [1.29, 1.82) is 0 Å². The smallest absolute Gasteiger partial charge is 0.149 e. The Morgan fingerprint density at radius 1 is 1.57 bits per heavy atom. The van der Waals surface area contributed by atoms with E-state index in [9.17, 15) is 0 Å². The Labute approximate surface area is 85.6 Å². The highest BCUT2D eigenvalue weighted by molar-refractivity contribution is 7.09. The summed E-state index contributed by atoms with van der Waals surface area (Å²) in [6.07, 6.45) is 1.49. The van der Waals surface area contributed by atoms with Gasteiger partial charge in [-0.3, -0.25) is 4.68 Å². The van der Waals surface area contributed by atoms with Crippen molar-refractivity contribution in [3.8, 4) is 0 Å². The second-order valence-electron chi connectivity index (χ2n) is 3.01. The summed E-state index contributed by atoms with van der Waals surface area (Å²) in [7, 11) is 1.82. The fraction of sp³-hybridized carbons (Fsp3) is 0.375. The molecule has 0 amide bonds. The van der Waals surface area contributed by atoms with Crippen LogP contribution in [0, 0.1) is 6.92 Å². The number of hydrogen-bond acceptors (Lipinski definition) is 5. The molecular formula is C8H11N5S. The third-order valence-corrected chi connectivity index (χ3v) is 2.77. The second-order valence-corrected chi connectivity index (χ2v) is 4.07. The molecule has 2 heterocycles.